The van der Waals surface area contributed by atoms with Crippen LogP contribution >= 0.6 is 15.9 Å². The summed E-state index contributed by atoms with van der Waals surface area (Å²) in [5.41, 5.74) is 3.16. The molecular weight excluding hydrogens is 398 g/mol. The van der Waals surface area contributed by atoms with Gasteiger partial charge in [0.15, 0.2) is 0 Å². The maximum absolute atomic E-state index is 5.11. The molecule has 0 spiro atoms. The monoisotopic (exact) mass is 419 g/mol. The number of hydrogen-bond donors (Lipinski definition) is 1. The molecule has 1 saturated carbocycles. The zero-order valence-corrected chi connectivity index (χ0v) is 16.7. The molecule has 136 valence electrons. The first kappa shape index (κ1) is 16.8. The molecule has 0 atom stereocenters. The zero-order valence-electron chi connectivity index (χ0n) is 15.2. The quantitative estimate of drug-likeness (QED) is 0.402. The van der Waals surface area contributed by atoms with E-state index in [0.717, 1.165) is 27.2 Å². The van der Waals surface area contributed by atoms with Gasteiger partial charge in [-0.2, -0.15) is 0 Å². The zero-order chi connectivity index (χ0) is 18.2. The van der Waals surface area contributed by atoms with Crippen LogP contribution in [0.25, 0.3) is 27.7 Å². The molecule has 1 fully saturated rings. The minimum absolute atomic E-state index is 0.520. The third-order valence-corrected chi connectivity index (χ3v) is 6.28. The third kappa shape index (κ3) is 3.02. The van der Waals surface area contributed by atoms with Gasteiger partial charge < -0.3 is 5.32 Å². The summed E-state index contributed by atoms with van der Waals surface area (Å²) in [5, 5.41) is 6.25. The SMILES string of the molecule is Brc1ccccc1-c1nc2c3ccccc3ccn2c1NC1CCCCC1. The van der Waals surface area contributed by atoms with Crippen LogP contribution in [0.2, 0.25) is 0 Å². The first-order chi connectivity index (χ1) is 13.3. The van der Waals surface area contributed by atoms with Gasteiger partial charge in [0.1, 0.15) is 17.2 Å². The molecule has 4 aromatic rings. The predicted molar refractivity (Wildman–Crippen MR) is 116 cm³/mol. The lowest BCUT2D eigenvalue weighted by atomic mass is 9.95. The fourth-order valence-electron chi connectivity index (χ4n) is 4.19. The lowest BCUT2D eigenvalue weighted by Crippen LogP contribution is -2.23. The second-order valence-corrected chi connectivity index (χ2v) is 8.22. The molecule has 4 heteroatoms. The highest BCUT2D eigenvalue weighted by molar-refractivity contribution is 9.10. The number of nitrogens with zero attached hydrogens (tertiary/aromatic N) is 2. The van der Waals surface area contributed by atoms with Crippen LogP contribution in [0.15, 0.2) is 65.3 Å². The fourth-order valence-corrected chi connectivity index (χ4v) is 4.66. The van der Waals surface area contributed by atoms with E-state index in [1.165, 1.54) is 42.9 Å². The van der Waals surface area contributed by atoms with Crippen molar-refractivity contribution in [1.82, 2.24) is 9.38 Å². The molecule has 1 N–H and O–H groups in total. The molecule has 0 radical (unpaired) electrons. The number of benzene rings is 2. The number of imidazole rings is 1. The molecule has 0 bridgehead atoms. The summed E-state index contributed by atoms with van der Waals surface area (Å²) in [4.78, 5) is 5.11. The van der Waals surface area contributed by atoms with Crippen molar-refractivity contribution in [3.05, 3.63) is 65.3 Å². The maximum Gasteiger partial charge on any atom is 0.147 e. The molecule has 0 aliphatic heterocycles. The molecule has 0 unspecified atom stereocenters. The van der Waals surface area contributed by atoms with E-state index in [-0.39, 0.29) is 0 Å². The summed E-state index contributed by atoms with van der Waals surface area (Å²) < 4.78 is 3.30. The number of nitrogens with one attached hydrogen (secondary N) is 1. The Balaban J connectivity index is 1.74. The highest BCUT2D eigenvalue weighted by Crippen LogP contribution is 2.36. The molecule has 0 amide bonds. The Hall–Kier alpha value is -2.33. The molecule has 5 rings (SSSR count). The van der Waals surface area contributed by atoms with Crippen molar-refractivity contribution in [2.45, 2.75) is 38.1 Å². The van der Waals surface area contributed by atoms with E-state index in [4.69, 9.17) is 4.98 Å². The summed E-state index contributed by atoms with van der Waals surface area (Å²) >= 11 is 3.72. The molecule has 27 heavy (non-hydrogen) atoms. The first-order valence-corrected chi connectivity index (χ1v) is 10.5. The van der Waals surface area contributed by atoms with Crippen molar-refractivity contribution in [1.29, 1.82) is 0 Å². The van der Waals surface area contributed by atoms with E-state index in [2.05, 4.69) is 80.4 Å². The van der Waals surface area contributed by atoms with E-state index < -0.39 is 0 Å². The Labute approximate surface area is 167 Å². The van der Waals surface area contributed by atoms with Crippen molar-refractivity contribution in [2.24, 2.45) is 0 Å². The summed E-state index contributed by atoms with van der Waals surface area (Å²) in [7, 11) is 0. The summed E-state index contributed by atoms with van der Waals surface area (Å²) in [5.74, 6) is 1.11. The van der Waals surface area contributed by atoms with Crippen LogP contribution < -0.4 is 5.32 Å². The van der Waals surface area contributed by atoms with E-state index in [9.17, 15) is 0 Å². The minimum atomic E-state index is 0.520. The minimum Gasteiger partial charge on any atom is -0.367 e. The van der Waals surface area contributed by atoms with Crippen molar-refractivity contribution in [2.75, 3.05) is 5.32 Å². The van der Waals surface area contributed by atoms with Gasteiger partial charge in [-0.3, -0.25) is 4.40 Å². The van der Waals surface area contributed by atoms with Crippen LogP contribution in [0.4, 0.5) is 5.82 Å². The third-order valence-electron chi connectivity index (χ3n) is 5.59. The Kier molecular flexibility index (Phi) is 4.36. The second kappa shape index (κ2) is 7.01. The normalized spacial score (nSPS) is 15.4. The smallest absolute Gasteiger partial charge is 0.147 e. The van der Waals surface area contributed by atoms with Crippen LogP contribution in [-0.4, -0.2) is 15.4 Å². The number of halogens is 1. The Morgan fingerprint density at radius 3 is 2.56 bits per heavy atom. The van der Waals surface area contributed by atoms with Gasteiger partial charge in [0.2, 0.25) is 0 Å². The molecular formula is C23H22BrN3. The molecule has 3 nitrogen and oxygen atoms in total. The average molecular weight is 420 g/mol. The van der Waals surface area contributed by atoms with E-state index in [1.807, 2.05) is 6.07 Å². The van der Waals surface area contributed by atoms with E-state index in [0.29, 0.717) is 6.04 Å². The molecule has 2 aromatic heterocycles. The average Bonchev–Trinajstić information content (AvgIpc) is 3.08. The van der Waals surface area contributed by atoms with Gasteiger partial charge in [0, 0.05) is 27.7 Å². The number of anilines is 1. The van der Waals surface area contributed by atoms with Crippen molar-refractivity contribution < 1.29 is 0 Å². The summed E-state index contributed by atoms with van der Waals surface area (Å²) in [6.07, 6.45) is 8.58. The first-order valence-electron chi connectivity index (χ1n) is 9.72. The number of hydrogen-bond acceptors (Lipinski definition) is 2. The van der Waals surface area contributed by atoms with Crippen molar-refractivity contribution in [3.63, 3.8) is 0 Å². The fraction of sp³-hybridized carbons (Fsp3) is 0.261. The number of pyridine rings is 1. The number of fused-ring (bicyclic) bond motifs is 3. The van der Waals surface area contributed by atoms with Gasteiger partial charge in [-0.15, -0.1) is 0 Å². The van der Waals surface area contributed by atoms with Gasteiger partial charge in [0.25, 0.3) is 0 Å². The summed E-state index contributed by atoms with van der Waals surface area (Å²) in [6, 6.07) is 19.5. The predicted octanol–water partition coefficient (Wildman–Crippen LogP) is 6.66. The van der Waals surface area contributed by atoms with Gasteiger partial charge in [-0.05, 0) is 30.4 Å². The standard InChI is InChI=1S/C23H22BrN3/c24-20-13-7-6-12-19(20)21-23(25-17-9-2-1-3-10-17)27-15-14-16-8-4-5-11-18(16)22(27)26-21/h4-8,11-15,17,25H,1-3,9-10H2. The van der Waals surface area contributed by atoms with Crippen LogP contribution in [0.3, 0.4) is 0 Å². The van der Waals surface area contributed by atoms with Crippen LogP contribution in [0, 0.1) is 0 Å². The van der Waals surface area contributed by atoms with Crippen LogP contribution in [-0.2, 0) is 0 Å². The van der Waals surface area contributed by atoms with Crippen molar-refractivity contribution >= 4 is 38.2 Å². The molecule has 1 aliphatic rings. The molecule has 0 saturated heterocycles. The molecule has 2 aromatic carbocycles. The van der Waals surface area contributed by atoms with Gasteiger partial charge in [0.05, 0.1) is 0 Å². The summed E-state index contributed by atoms with van der Waals surface area (Å²) in [6.45, 7) is 0. The number of rotatable bonds is 3. The van der Waals surface area contributed by atoms with Gasteiger partial charge in [-0.1, -0.05) is 77.7 Å². The van der Waals surface area contributed by atoms with Crippen LogP contribution in [0.5, 0.6) is 0 Å². The highest BCUT2D eigenvalue weighted by atomic mass is 79.9. The maximum atomic E-state index is 5.11. The van der Waals surface area contributed by atoms with Crippen molar-refractivity contribution in [3.8, 4) is 11.3 Å². The Bertz CT molecular complexity index is 1110. The van der Waals surface area contributed by atoms with E-state index >= 15 is 0 Å². The van der Waals surface area contributed by atoms with Gasteiger partial charge >= 0.3 is 0 Å². The topological polar surface area (TPSA) is 29.3 Å². The largest absolute Gasteiger partial charge is 0.367 e. The molecule has 2 heterocycles. The van der Waals surface area contributed by atoms with E-state index in [1.54, 1.807) is 0 Å². The highest BCUT2D eigenvalue weighted by Gasteiger charge is 2.21. The lowest BCUT2D eigenvalue weighted by Gasteiger charge is -2.24. The van der Waals surface area contributed by atoms with Gasteiger partial charge in [-0.25, -0.2) is 4.98 Å². The second-order valence-electron chi connectivity index (χ2n) is 7.36. The van der Waals surface area contributed by atoms with Crippen LogP contribution in [0.1, 0.15) is 32.1 Å². The number of aromatic nitrogens is 2. The Morgan fingerprint density at radius 2 is 1.70 bits per heavy atom. The molecule has 1 aliphatic carbocycles. The Morgan fingerprint density at radius 1 is 0.926 bits per heavy atom. The lowest BCUT2D eigenvalue weighted by molar-refractivity contribution is 0.462.